The Morgan fingerprint density at radius 3 is 2.55 bits per heavy atom. The summed E-state index contributed by atoms with van der Waals surface area (Å²) in [6.45, 7) is 5.49. The summed E-state index contributed by atoms with van der Waals surface area (Å²) in [4.78, 5) is 7.13. The molecule has 0 unspecified atom stereocenters. The van der Waals surface area contributed by atoms with Crippen molar-refractivity contribution in [2.24, 2.45) is 0 Å². The van der Waals surface area contributed by atoms with Crippen LogP contribution in [0.1, 0.15) is 32.3 Å². The lowest BCUT2D eigenvalue weighted by molar-refractivity contribution is 0.0742. The lowest BCUT2D eigenvalue weighted by Gasteiger charge is -2.13. The van der Waals surface area contributed by atoms with Gasteiger partial charge in [-0.3, -0.25) is 0 Å². The van der Waals surface area contributed by atoms with Crippen LogP contribution in [0.15, 0.2) is 6.20 Å². The van der Waals surface area contributed by atoms with E-state index in [4.69, 9.17) is 0 Å². The van der Waals surface area contributed by atoms with Crippen LogP contribution in [-0.4, -0.2) is 15.1 Å². The first-order chi connectivity index (χ1) is 5.04. The number of nitrogens with zero attached hydrogens (tertiary/aromatic N) is 1. The summed E-state index contributed by atoms with van der Waals surface area (Å²) in [6, 6.07) is 0. The Morgan fingerprint density at radius 1 is 1.64 bits per heavy atom. The number of H-pyrrole nitrogens is 1. The second-order valence-electron chi connectivity index (χ2n) is 3.16. The van der Waals surface area contributed by atoms with E-state index in [1.54, 1.807) is 20.0 Å². The normalized spacial score (nSPS) is 12.0. The van der Waals surface area contributed by atoms with Gasteiger partial charge in [-0.1, -0.05) is 6.92 Å². The molecular formula is C8H14N2O. The van der Waals surface area contributed by atoms with Crippen molar-refractivity contribution in [3.8, 4) is 0 Å². The predicted molar refractivity (Wildman–Crippen MR) is 43.2 cm³/mol. The van der Waals surface area contributed by atoms with Crippen LogP contribution in [0.25, 0.3) is 0 Å². The van der Waals surface area contributed by atoms with E-state index in [1.165, 1.54) is 0 Å². The van der Waals surface area contributed by atoms with Crippen molar-refractivity contribution in [2.75, 3.05) is 0 Å². The molecule has 1 heterocycles. The van der Waals surface area contributed by atoms with Crippen molar-refractivity contribution in [1.29, 1.82) is 0 Å². The Kier molecular flexibility index (Phi) is 2.00. The average Bonchev–Trinajstić information content (AvgIpc) is 2.32. The van der Waals surface area contributed by atoms with Crippen molar-refractivity contribution >= 4 is 0 Å². The van der Waals surface area contributed by atoms with Gasteiger partial charge in [-0.05, 0) is 13.8 Å². The van der Waals surface area contributed by atoms with Gasteiger partial charge in [0.1, 0.15) is 11.4 Å². The third-order valence-electron chi connectivity index (χ3n) is 1.62. The third kappa shape index (κ3) is 1.80. The van der Waals surface area contributed by atoms with E-state index in [-0.39, 0.29) is 0 Å². The van der Waals surface area contributed by atoms with E-state index in [1.807, 2.05) is 6.92 Å². The van der Waals surface area contributed by atoms with E-state index < -0.39 is 5.60 Å². The summed E-state index contributed by atoms with van der Waals surface area (Å²) in [5, 5.41) is 9.53. The minimum atomic E-state index is -0.805. The Hall–Kier alpha value is -0.830. The molecule has 0 aliphatic heterocycles. The minimum absolute atomic E-state index is 0.773. The highest BCUT2D eigenvalue weighted by Crippen LogP contribution is 2.16. The fourth-order valence-electron chi connectivity index (χ4n) is 0.853. The van der Waals surface area contributed by atoms with Crippen LogP contribution in [-0.2, 0) is 12.0 Å². The molecule has 1 rings (SSSR count). The molecule has 3 heteroatoms. The molecule has 62 valence electrons. The number of aromatic nitrogens is 2. The number of hydrogen-bond acceptors (Lipinski definition) is 2. The number of imidazole rings is 1. The van der Waals surface area contributed by atoms with E-state index in [0.717, 1.165) is 17.9 Å². The zero-order chi connectivity index (χ0) is 8.48. The highest BCUT2D eigenvalue weighted by molar-refractivity contribution is 5.08. The molecule has 0 aliphatic rings. The van der Waals surface area contributed by atoms with Gasteiger partial charge in [0, 0.05) is 6.42 Å². The van der Waals surface area contributed by atoms with Gasteiger partial charge in [-0.25, -0.2) is 4.98 Å². The zero-order valence-corrected chi connectivity index (χ0v) is 7.18. The zero-order valence-electron chi connectivity index (χ0n) is 7.18. The summed E-state index contributed by atoms with van der Waals surface area (Å²) in [7, 11) is 0. The maximum Gasteiger partial charge on any atom is 0.106 e. The van der Waals surface area contributed by atoms with Crippen molar-refractivity contribution in [1.82, 2.24) is 9.97 Å². The summed E-state index contributed by atoms with van der Waals surface area (Å²) < 4.78 is 0. The molecule has 0 aromatic carbocycles. The number of rotatable bonds is 2. The van der Waals surface area contributed by atoms with Crippen molar-refractivity contribution < 1.29 is 5.11 Å². The molecule has 1 aromatic heterocycles. The average molecular weight is 154 g/mol. The lowest BCUT2D eigenvalue weighted by atomic mass is 10.1. The number of aromatic amines is 1. The smallest absolute Gasteiger partial charge is 0.106 e. The van der Waals surface area contributed by atoms with Crippen LogP contribution in [0.2, 0.25) is 0 Å². The third-order valence-corrected chi connectivity index (χ3v) is 1.62. The Bertz CT molecular complexity index is 234. The van der Waals surface area contributed by atoms with Crippen LogP contribution >= 0.6 is 0 Å². The van der Waals surface area contributed by atoms with E-state index >= 15 is 0 Å². The topological polar surface area (TPSA) is 48.9 Å². The summed E-state index contributed by atoms with van der Waals surface area (Å²) in [5.74, 6) is 0.919. The number of nitrogens with one attached hydrogen (secondary N) is 1. The molecule has 0 amide bonds. The van der Waals surface area contributed by atoms with Gasteiger partial charge in [0.2, 0.25) is 0 Å². The Balaban J connectivity index is 2.89. The molecule has 0 fully saturated rings. The van der Waals surface area contributed by atoms with Crippen molar-refractivity contribution in [3.63, 3.8) is 0 Å². The van der Waals surface area contributed by atoms with Crippen LogP contribution in [0.4, 0.5) is 0 Å². The first kappa shape index (κ1) is 8.27. The number of aryl methyl sites for hydroxylation is 1. The Morgan fingerprint density at radius 2 is 2.27 bits per heavy atom. The quantitative estimate of drug-likeness (QED) is 0.672. The maximum absolute atomic E-state index is 9.53. The van der Waals surface area contributed by atoms with Gasteiger partial charge in [0.15, 0.2) is 0 Å². The predicted octanol–water partition coefficient (Wildman–Crippen LogP) is 1.20. The van der Waals surface area contributed by atoms with E-state index in [2.05, 4.69) is 9.97 Å². The first-order valence-corrected chi connectivity index (χ1v) is 3.80. The van der Waals surface area contributed by atoms with Gasteiger partial charge < -0.3 is 10.1 Å². The van der Waals surface area contributed by atoms with Crippen LogP contribution < -0.4 is 0 Å². The van der Waals surface area contributed by atoms with E-state index in [9.17, 15) is 5.11 Å². The molecule has 3 nitrogen and oxygen atoms in total. The van der Waals surface area contributed by atoms with Crippen LogP contribution in [0, 0.1) is 0 Å². The summed E-state index contributed by atoms with van der Waals surface area (Å²) in [5.41, 5.74) is -0.0326. The van der Waals surface area contributed by atoms with Crippen molar-refractivity contribution in [3.05, 3.63) is 17.7 Å². The molecule has 0 saturated heterocycles. The van der Waals surface area contributed by atoms with Crippen LogP contribution in [0.5, 0.6) is 0 Å². The molecule has 0 atom stereocenters. The monoisotopic (exact) mass is 154 g/mol. The highest BCUT2D eigenvalue weighted by Gasteiger charge is 2.17. The van der Waals surface area contributed by atoms with Gasteiger partial charge in [0.05, 0.1) is 11.9 Å². The van der Waals surface area contributed by atoms with Gasteiger partial charge in [0.25, 0.3) is 0 Å². The highest BCUT2D eigenvalue weighted by atomic mass is 16.3. The molecule has 0 radical (unpaired) electrons. The second-order valence-corrected chi connectivity index (χ2v) is 3.16. The van der Waals surface area contributed by atoms with E-state index in [0.29, 0.717) is 0 Å². The molecule has 2 N–H and O–H groups in total. The van der Waals surface area contributed by atoms with Crippen molar-refractivity contribution in [2.45, 2.75) is 32.8 Å². The fourth-order valence-corrected chi connectivity index (χ4v) is 0.853. The summed E-state index contributed by atoms with van der Waals surface area (Å²) >= 11 is 0. The van der Waals surface area contributed by atoms with Gasteiger partial charge in [-0.2, -0.15) is 0 Å². The SMILES string of the molecule is CCc1ncc(C(C)(C)O)[nH]1. The molecule has 0 aliphatic carbocycles. The Labute approximate surface area is 66.5 Å². The number of hydrogen-bond donors (Lipinski definition) is 2. The van der Waals surface area contributed by atoms with Gasteiger partial charge >= 0.3 is 0 Å². The largest absolute Gasteiger partial charge is 0.384 e. The molecule has 0 bridgehead atoms. The fraction of sp³-hybridized carbons (Fsp3) is 0.625. The minimum Gasteiger partial charge on any atom is -0.384 e. The van der Waals surface area contributed by atoms with Crippen LogP contribution in [0.3, 0.4) is 0 Å². The first-order valence-electron chi connectivity index (χ1n) is 3.80. The summed E-state index contributed by atoms with van der Waals surface area (Å²) in [6.07, 6.45) is 2.55. The molecule has 0 spiro atoms. The maximum atomic E-state index is 9.53. The molecule has 1 aromatic rings. The van der Waals surface area contributed by atoms with Gasteiger partial charge in [-0.15, -0.1) is 0 Å². The standard InChI is InChI=1S/C8H14N2O/c1-4-7-9-5-6(10-7)8(2,3)11/h5,11H,4H2,1-3H3,(H,9,10). The molecular weight excluding hydrogens is 140 g/mol. The molecule has 11 heavy (non-hydrogen) atoms. The lowest BCUT2D eigenvalue weighted by Crippen LogP contribution is -2.15. The second kappa shape index (κ2) is 2.66. The number of aliphatic hydroxyl groups is 1. The molecule has 0 saturated carbocycles.